The van der Waals surface area contributed by atoms with Crippen molar-refractivity contribution in [3.63, 3.8) is 0 Å². The molecule has 0 radical (unpaired) electrons. The number of aromatic nitrogens is 2. The maximum Gasteiger partial charge on any atom is 0.254 e. The molecule has 1 aliphatic rings. The standard InChI is InChI=1S/C17H20N2O2/c1-10-15-9-13(12-5-7-18-8-6-12)3-4-14(15)16(11(2)20)17(21)19-10/h5-8,11,13,20H,3-4,9H2,1-2H3,(H,19,21). The average Bonchev–Trinajstić information content (AvgIpc) is 2.47. The Morgan fingerprint density at radius 2 is 2.05 bits per heavy atom. The van der Waals surface area contributed by atoms with Crippen LogP contribution in [0.15, 0.2) is 29.3 Å². The van der Waals surface area contributed by atoms with Crippen molar-refractivity contribution in [2.75, 3.05) is 0 Å². The van der Waals surface area contributed by atoms with E-state index in [1.54, 1.807) is 6.92 Å². The van der Waals surface area contributed by atoms with E-state index in [1.165, 1.54) is 11.1 Å². The third kappa shape index (κ3) is 2.51. The fourth-order valence-electron chi connectivity index (χ4n) is 3.43. The maximum absolute atomic E-state index is 12.1. The number of hydrogen-bond donors (Lipinski definition) is 2. The van der Waals surface area contributed by atoms with Gasteiger partial charge in [0, 0.05) is 23.7 Å². The van der Waals surface area contributed by atoms with Crippen molar-refractivity contribution in [2.24, 2.45) is 0 Å². The molecule has 0 amide bonds. The minimum absolute atomic E-state index is 0.149. The molecule has 0 bridgehead atoms. The SMILES string of the molecule is Cc1[nH]c(=O)c(C(C)O)c2c1CC(c1ccncc1)CC2. The first-order valence-electron chi connectivity index (χ1n) is 7.40. The van der Waals surface area contributed by atoms with E-state index in [0.29, 0.717) is 11.5 Å². The molecule has 0 spiro atoms. The zero-order chi connectivity index (χ0) is 15.0. The van der Waals surface area contributed by atoms with Crippen molar-refractivity contribution < 1.29 is 5.11 Å². The monoisotopic (exact) mass is 284 g/mol. The summed E-state index contributed by atoms with van der Waals surface area (Å²) in [6, 6.07) is 4.12. The smallest absolute Gasteiger partial charge is 0.254 e. The molecule has 0 fully saturated rings. The van der Waals surface area contributed by atoms with E-state index >= 15 is 0 Å². The van der Waals surface area contributed by atoms with Crippen LogP contribution in [0.4, 0.5) is 0 Å². The first-order chi connectivity index (χ1) is 10.1. The van der Waals surface area contributed by atoms with Crippen molar-refractivity contribution in [3.8, 4) is 0 Å². The molecule has 2 heterocycles. The fourth-order valence-corrected chi connectivity index (χ4v) is 3.43. The molecule has 0 aromatic carbocycles. The van der Waals surface area contributed by atoms with E-state index in [2.05, 4.69) is 22.1 Å². The lowest BCUT2D eigenvalue weighted by atomic mass is 9.78. The zero-order valence-electron chi connectivity index (χ0n) is 12.4. The Labute approximate surface area is 123 Å². The van der Waals surface area contributed by atoms with E-state index in [-0.39, 0.29) is 5.56 Å². The van der Waals surface area contributed by atoms with Gasteiger partial charge in [0.25, 0.3) is 5.56 Å². The van der Waals surface area contributed by atoms with Gasteiger partial charge in [-0.05, 0) is 67.9 Å². The van der Waals surface area contributed by atoms with E-state index in [1.807, 2.05) is 19.3 Å². The Morgan fingerprint density at radius 3 is 2.71 bits per heavy atom. The molecular weight excluding hydrogens is 264 g/mol. The van der Waals surface area contributed by atoms with Gasteiger partial charge in [-0.1, -0.05) is 0 Å². The molecule has 4 nitrogen and oxygen atoms in total. The lowest BCUT2D eigenvalue weighted by molar-refractivity contribution is 0.196. The number of H-pyrrole nitrogens is 1. The molecule has 2 atom stereocenters. The van der Waals surface area contributed by atoms with Gasteiger partial charge in [0.15, 0.2) is 0 Å². The van der Waals surface area contributed by atoms with Crippen LogP contribution in [-0.2, 0) is 12.8 Å². The quantitative estimate of drug-likeness (QED) is 0.890. The van der Waals surface area contributed by atoms with Crippen LogP contribution in [0.25, 0.3) is 0 Å². The summed E-state index contributed by atoms with van der Waals surface area (Å²) in [5.41, 5.74) is 4.86. The van der Waals surface area contributed by atoms with Crippen LogP contribution in [0, 0.1) is 6.92 Å². The third-order valence-electron chi connectivity index (χ3n) is 4.48. The third-order valence-corrected chi connectivity index (χ3v) is 4.48. The van der Waals surface area contributed by atoms with E-state index in [4.69, 9.17) is 0 Å². The second kappa shape index (κ2) is 5.45. The Balaban J connectivity index is 2.04. The Morgan fingerprint density at radius 1 is 1.33 bits per heavy atom. The highest BCUT2D eigenvalue weighted by Gasteiger charge is 2.26. The Hall–Kier alpha value is -1.94. The first kappa shape index (κ1) is 14.0. The summed E-state index contributed by atoms with van der Waals surface area (Å²) in [6.07, 6.45) is 5.67. The van der Waals surface area contributed by atoms with Gasteiger partial charge < -0.3 is 10.1 Å². The number of aliphatic hydroxyl groups is 1. The van der Waals surface area contributed by atoms with Crippen LogP contribution in [0.3, 0.4) is 0 Å². The number of rotatable bonds is 2. The molecule has 3 rings (SSSR count). The normalized spacial score (nSPS) is 19.1. The summed E-state index contributed by atoms with van der Waals surface area (Å²) >= 11 is 0. The number of nitrogens with one attached hydrogen (secondary N) is 1. The second-order valence-electron chi connectivity index (χ2n) is 5.85. The van der Waals surface area contributed by atoms with Crippen molar-refractivity contribution >= 4 is 0 Å². The van der Waals surface area contributed by atoms with E-state index < -0.39 is 6.10 Å². The van der Waals surface area contributed by atoms with Crippen LogP contribution in [0.2, 0.25) is 0 Å². The van der Waals surface area contributed by atoms with Crippen LogP contribution in [-0.4, -0.2) is 15.1 Å². The Kier molecular flexibility index (Phi) is 3.64. The number of hydrogen-bond acceptors (Lipinski definition) is 3. The lowest BCUT2D eigenvalue weighted by Crippen LogP contribution is -2.25. The molecule has 1 aliphatic carbocycles. The minimum Gasteiger partial charge on any atom is -0.388 e. The van der Waals surface area contributed by atoms with E-state index in [0.717, 1.165) is 30.5 Å². The highest BCUT2D eigenvalue weighted by Crippen LogP contribution is 2.35. The highest BCUT2D eigenvalue weighted by molar-refractivity contribution is 5.41. The molecule has 0 saturated heterocycles. The molecule has 0 aliphatic heterocycles. The number of pyridine rings is 2. The molecule has 2 unspecified atom stereocenters. The van der Waals surface area contributed by atoms with E-state index in [9.17, 15) is 9.90 Å². The molecule has 4 heteroatoms. The Bertz CT molecular complexity index is 705. The number of aromatic amines is 1. The average molecular weight is 284 g/mol. The molecular formula is C17H20N2O2. The summed E-state index contributed by atoms with van der Waals surface area (Å²) in [5, 5.41) is 9.91. The lowest BCUT2D eigenvalue weighted by Gasteiger charge is -2.28. The van der Waals surface area contributed by atoms with Crippen LogP contribution < -0.4 is 5.56 Å². The summed E-state index contributed by atoms with van der Waals surface area (Å²) < 4.78 is 0. The predicted molar refractivity (Wildman–Crippen MR) is 81.4 cm³/mol. The minimum atomic E-state index is -0.722. The van der Waals surface area contributed by atoms with Crippen molar-refractivity contribution in [1.82, 2.24) is 9.97 Å². The highest BCUT2D eigenvalue weighted by atomic mass is 16.3. The topological polar surface area (TPSA) is 66.0 Å². The summed E-state index contributed by atoms with van der Waals surface area (Å²) in [4.78, 5) is 19.0. The van der Waals surface area contributed by atoms with Gasteiger partial charge in [0.1, 0.15) is 0 Å². The summed E-state index contributed by atoms with van der Waals surface area (Å²) in [6.45, 7) is 3.61. The number of aryl methyl sites for hydroxylation is 1. The molecule has 0 saturated carbocycles. The zero-order valence-corrected chi connectivity index (χ0v) is 12.4. The molecule has 21 heavy (non-hydrogen) atoms. The first-order valence-corrected chi connectivity index (χ1v) is 7.40. The number of nitrogens with zero attached hydrogens (tertiary/aromatic N) is 1. The van der Waals surface area contributed by atoms with Gasteiger partial charge in [-0.3, -0.25) is 9.78 Å². The van der Waals surface area contributed by atoms with Gasteiger partial charge in [0.2, 0.25) is 0 Å². The molecule has 110 valence electrons. The van der Waals surface area contributed by atoms with Gasteiger partial charge in [-0.15, -0.1) is 0 Å². The number of fused-ring (bicyclic) bond motifs is 1. The van der Waals surface area contributed by atoms with Gasteiger partial charge >= 0.3 is 0 Å². The van der Waals surface area contributed by atoms with Gasteiger partial charge in [-0.25, -0.2) is 0 Å². The van der Waals surface area contributed by atoms with Gasteiger partial charge in [-0.2, -0.15) is 0 Å². The van der Waals surface area contributed by atoms with Crippen molar-refractivity contribution in [2.45, 2.75) is 45.1 Å². The molecule has 2 aromatic heterocycles. The van der Waals surface area contributed by atoms with Crippen LogP contribution in [0.1, 0.15) is 53.3 Å². The largest absolute Gasteiger partial charge is 0.388 e. The van der Waals surface area contributed by atoms with Crippen molar-refractivity contribution in [3.05, 3.63) is 62.8 Å². The predicted octanol–water partition coefficient (Wildman–Crippen LogP) is 2.40. The second-order valence-corrected chi connectivity index (χ2v) is 5.85. The molecule has 2 N–H and O–H groups in total. The maximum atomic E-state index is 12.1. The fraction of sp³-hybridized carbons (Fsp3) is 0.412. The van der Waals surface area contributed by atoms with Crippen LogP contribution in [0.5, 0.6) is 0 Å². The summed E-state index contributed by atoms with van der Waals surface area (Å²) in [7, 11) is 0. The van der Waals surface area contributed by atoms with Gasteiger partial charge in [0.05, 0.1) is 6.10 Å². The summed E-state index contributed by atoms with van der Waals surface area (Å²) in [5.74, 6) is 0.451. The number of aliphatic hydroxyl groups excluding tert-OH is 1. The van der Waals surface area contributed by atoms with Crippen molar-refractivity contribution in [1.29, 1.82) is 0 Å². The molecule has 2 aromatic rings. The van der Waals surface area contributed by atoms with Crippen LogP contribution >= 0.6 is 0 Å².